The van der Waals surface area contributed by atoms with Crippen molar-refractivity contribution in [3.05, 3.63) is 29.3 Å². The highest BCUT2D eigenvalue weighted by Crippen LogP contribution is 2.43. The fraction of sp³-hybridized carbons (Fsp3) is 0.467. The zero-order chi connectivity index (χ0) is 13.2. The highest BCUT2D eigenvalue weighted by molar-refractivity contribution is 6.03. The van der Waals surface area contributed by atoms with Gasteiger partial charge < -0.3 is 4.74 Å². The molecule has 0 saturated heterocycles. The van der Waals surface area contributed by atoms with E-state index < -0.39 is 5.41 Å². The third-order valence-electron chi connectivity index (χ3n) is 3.59. The number of hydrogen-bond acceptors (Lipinski definition) is 3. The molecule has 0 atom stereocenters. The molecule has 1 saturated carbocycles. The zero-order valence-corrected chi connectivity index (χ0v) is 10.8. The number of nitriles is 1. The molecule has 2 rings (SSSR count). The van der Waals surface area contributed by atoms with Crippen LogP contribution >= 0.6 is 0 Å². The standard InChI is InChI=1S/C15H17NO2/c1-3-18-13-6-5-12(9-11(13)2)14(17)15(10-16)7-4-8-15/h5-6,9H,3-4,7-8H2,1-2H3. The van der Waals surface area contributed by atoms with Crippen molar-refractivity contribution in [2.75, 3.05) is 6.61 Å². The van der Waals surface area contributed by atoms with E-state index in [1.165, 1.54) is 0 Å². The molecule has 1 aliphatic rings. The summed E-state index contributed by atoms with van der Waals surface area (Å²) in [6, 6.07) is 7.59. The van der Waals surface area contributed by atoms with Gasteiger partial charge in [-0.2, -0.15) is 5.26 Å². The minimum Gasteiger partial charge on any atom is -0.494 e. The topological polar surface area (TPSA) is 50.1 Å². The molecule has 0 N–H and O–H groups in total. The Kier molecular flexibility index (Phi) is 3.38. The van der Waals surface area contributed by atoms with Crippen molar-refractivity contribution in [2.24, 2.45) is 5.41 Å². The summed E-state index contributed by atoms with van der Waals surface area (Å²) in [4.78, 5) is 12.3. The lowest BCUT2D eigenvalue weighted by Gasteiger charge is -2.33. The lowest BCUT2D eigenvalue weighted by atomic mass is 9.65. The molecule has 1 aromatic carbocycles. The van der Waals surface area contributed by atoms with Crippen LogP contribution in [0.25, 0.3) is 0 Å². The van der Waals surface area contributed by atoms with Crippen molar-refractivity contribution >= 4 is 5.78 Å². The summed E-state index contributed by atoms with van der Waals surface area (Å²) in [5.74, 6) is 0.760. The molecule has 1 aliphatic carbocycles. The number of carbonyl (C=O) groups excluding carboxylic acids is 1. The van der Waals surface area contributed by atoms with Crippen LogP contribution in [0, 0.1) is 23.7 Å². The average Bonchev–Trinajstić information content (AvgIpc) is 2.31. The van der Waals surface area contributed by atoms with Gasteiger partial charge in [0.1, 0.15) is 11.2 Å². The number of nitrogens with zero attached hydrogens (tertiary/aromatic N) is 1. The molecule has 18 heavy (non-hydrogen) atoms. The fourth-order valence-electron chi connectivity index (χ4n) is 2.30. The molecule has 0 aromatic heterocycles. The van der Waals surface area contributed by atoms with Gasteiger partial charge in [-0.25, -0.2) is 0 Å². The van der Waals surface area contributed by atoms with Crippen LogP contribution < -0.4 is 4.74 Å². The second-order valence-corrected chi connectivity index (χ2v) is 4.79. The van der Waals surface area contributed by atoms with E-state index in [1.807, 2.05) is 26.0 Å². The van der Waals surface area contributed by atoms with Gasteiger partial charge in [0.25, 0.3) is 0 Å². The molecular weight excluding hydrogens is 226 g/mol. The van der Waals surface area contributed by atoms with E-state index in [4.69, 9.17) is 4.74 Å². The van der Waals surface area contributed by atoms with Crippen LogP contribution in [0.5, 0.6) is 5.75 Å². The summed E-state index contributed by atoms with van der Waals surface area (Å²) in [5.41, 5.74) is 0.798. The summed E-state index contributed by atoms with van der Waals surface area (Å²) < 4.78 is 5.45. The molecule has 0 aliphatic heterocycles. The largest absolute Gasteiger partial charge is 0.494 e. The third-order valence-corrected chi connectivity index (χ3v) is 3.59. The number of rotatable bonds is 4. The highest BCUT2D eigenvalue weighted by Gasteiger charge is 2.44. The van der Waals surface area contributed by atoms with Crippen molar-refractivity contribution < 1.29 is 9.53 Å². The third kappa shape index (κ3) is 1.99. The van der Waals surface area contributed by atoms with E-state index in [9.17, 15) is 10.1 Å². The molecule has 0 bridgehead atoms. The summed E-state index contributed by atoms with van der Waals surface area (Å²) in [5, 5.41) is 9.18. The van der Waals surface area contributed by atoms with Crippen molar-refractivity contribution in [1.29, 1.82) is 5.26 Å². The number of benzene rings is 1. The normalized spacial score (nSPS) is 16.5. The van der Waals surface area contributed by atoms with Gasteiger partial charge in [-0.1, -0.05) is 0 Å². The first-order chi connectivity index (χ1) is 8.63. The van der Waals surface area contributed by atoms with Crippen LogP contribution in [0.2, 0.25) is 0 Å². The fourth-order valence-corrected chi connectivity index (χ4v) is 2.30. The highest BCUT2D eigenvalue weighted by atomic mass is 16.5. The number of hydrogen-bond donors (Lipinski definition) is 0. The molecule has 0 spiro atoms. The molecular formula is C15H17NO2. The van der Waals surface area contributed by atoms with E-state index >= 15 is 0 Å². The number of carbonyl (C=O) groups is 1. The Morgan fingerprint density at radius 1 is 1.50 bits per heavy atom. The maximum Gasteiger partial charge on any atom is 0.183 e. The molecule has 3 heteroatoms. The maximum absolute atomic E-state index is 12.3. The smallest absolute Gasteiger partial charge is 0.183 e. The quantitative estimate of drug-likeness (QED) is 0.762. The Morgan fingerprint density at radius 3 is 2.67 bits per heavy atom. The number of Topliss-reactive ketones (excluding diaryl/α,β-unsaturated/α-hetero) is 1. The molecule has 0 unspecified atom stereocenters. The minimum absolute atomic E-state index is 0.0394. The second-order valence-electron chi connectivity index (χ2n) is 4.79. The van der Waals surface area contributed by atoms with Crippen LogP contribution in [0.15, 0.2) is 18.2 Å². The van der Waals surface area contributed by atoms with Crippen molar-refractivity contribution in [1.82, 2.24) is 0 Å². The molecule has 1 aromatic rings. The first-order valence-electron chi connectivity index (χ1n) is 6.32. The van der Waals surface area contributed by atoms with Gasteiger partial charge in [0, 0.05) is 5.56 Å². The molecule has 0 heterocycles. The summed E-state index contributed by atoms with van der Waals surface area (Å²) >= 11 is 0. The van der Waals surface area contributed by atoms with E-state index in [0.29, 0.717) is 25.0 Å². The SMILES string of the molecule is CCOc1ccc(C(=O)C2(C#N)CCC2)cc1C. The predicted molar refractivity (Wildman–Crippen MR) is 68.6 cm³/mol. The lowest BCUT2D eigenvalue weighted by Crippen LogP contribution is -2.36. The van der Waals surface area contributed by atoms with Crippen LogP contribution in [-0.4, -0.2) is 12.4 Å². The molecule has 3 nitrogen and oxygen atoms in total. The Morgan fingerprint density at radius 2 is 2.22 bits per heavy atom. The van der Waals surface area contributed by atoms with E-state index in [0.717, 1.165) is 17.7 Å². The van der Waals surface area contributed by atoms with Crippen molar-refractivity contribution in [3.63, 3.8) is 0 Å². The second kappa shape index (κ2) is 4.81. The minimum atomic E-state index is -0.764. The first kappa shape index (κ1) is 12.6. The van der Waals surface area contributed by atoms with Crippen LogP contribution in [0.4, 0.5) is 0 Å². The molecule has 1 fully saturated rings. The van der Waals surface area contributed by atoms with E-state index in [1.54, 1.807) is 6.07 Å². The Hall–Kier alpha value is -1.82. The van der Waals surface area contributed by atoms with Gasteiger partial charge in [0.05, 0.1) is 12.7 Å². The van der Waals surface area contributed by atoms with Gasteiger partial charge in [0.2, 0.25) is 0 Å². The first-order valence-corrected chi connectivity index (χ1v) is 6.32. The van der Waals surface area contributed by atoms with Gasteiger partial charge in [0.15, 0.2) is 5.78 Å². The van der Waals surface area contributed by atoms with Crippen molar-refractivity contribution in [3.8, 4) is 11.8 Å². The van der Waals surface area contributed by atoms with E-state index in [2.05, 4.69) is 6.07 Å². The molecule has 0 amide bonds. The average molecular weight is 243 g/mol. The van der Waals surface area contributed by atoms with Gasteiger partial charge in [-0.15, -0.1) is 0 Å². The van der Waals surface area contributed by atoms with Crippen LogP contribution in [0.1, 0.15) is 42.1 Å². The number of aryl methyl sites for hydroxylation is 1. The van der Waals surface area contributed by atoms with Gasteiger partial charge >= 0.3 is 0 Å². The van der Waals surface area contributed by atoms with Gasteiger partial charge in [-0.05, 0) is 56.9 Å². The Balaban J connectivity index is 2.27. The Labute approximate surface area is 107 Å². The Bertz CT molecular complexity index is 510. The van der Waals surface area contributed by atoms with Crippen LogP contribution in [0.3, 0.4) is 0 Å². The van der Waals surface area contributed by atoms with Gasteiger partial charge in [-0.3, -0.25) is 4.79 Å². The monoisotopic (exact) mass is 243 g/mol. The molecule has 94 valence electrons. The summed E-state index contributed by atoms with van der Waals surface area (Å²) in [6.07, 6.45) is 2.35. The predicted octanol–water partition coefficient (Wildman–Crippen LogP) is 3.27. The number of ether oxygens (including phenoxy) is 1. The number of ketones is 1. The van der Waals surface area contributed by atoms with Crippen LogP contribution in [-0.2, 0) is 0 Å². The zero-order valence-electron chi connectivity index (χ0n) is 10.8. The summed E-state index contributed by atoms with van der Waals surface area (Å²) in [6.45, 7) is 4.45. The summed E-state index contributed by atoms with van der Waals surface area (Å²) in [7, 11) is 0. The lowest BCUT2D eigenvalue weighted by molar-refractivity contribution is 0.0748. The van der Waals surface area contributed by atoms with E-state index in [-0.39, 0.29) is 5.78 Å². The maximum atomic E-state index is 12.3. The molecule has 0 radical (unpaired) electrons. The van der Waals surface area contributed by atoms with Crippen molar-refractivity contribution in [2.45, 2.75) is 33.1 Å².